The van der Waals surface area contributed by atoms with Crippen LogP contribution < -0.4 is 5.48 Å². The first-order chi connectivity index (χ1) is 14.2. The predicted molar refractivity (Wildman–Crippen MR) is 113 cm³/mol. The number of aromatic nitrogens is 1. The molecule has 3 rings (SSSR count). The summed E-state index contributed by atoms with van der Waals surface area (Å²) in [6.45, 7) is 0.804. The number of oxime groups is 1. The quantitative estimate of drug-likeness (QED) is 0.366. The second-order valence-electron chi connectivity index (χ2n) is 6.29. The summed E-state index contributed by atoms with van der Waals surface area (Å²) in [5.74, 6) is 0.746. The van der Waals surface area contributed by atoms with Crippen LogP contribution in [0.5, 0.6) is 0 Å². The van der Waals surface area contributed by atoms with Crippen LogP contribution in [-0.4, -0.2) is 34.3 Å². The minimum atomic E-state index is 0.217. The van der Waals surface area contributed by atoms with Crippen molar-refractivity contribution >= 4 is 18.0 Å². The first kappa shape index (κ1) is 20.0. The monoisotopic (exact) mass is 389 g/mol. The summed E-state index contributed by atoms with van der Waals surface area (Å²) in [7, 11) is 1.83. The molecule has 0 atom stereocenters. The van der Waals surface area contributed by atoms with Crippen LogP contribution in [0.25, 0.3) is 0 Å². The van der Waals surface area contributed by atoms with Crippen LogP contribution in [0.3, 0.4) is 0 Å². The molecule has 0 saturated carbocycles. The lowest BCUT2D eigenvalue weighted by molar-refractivity contribution is 0.129. The molecule has 148 valence electrons. The van der Waals surface area contributed by atoms with E-state index in [1.54, 1.807) is 17.2 Å². The summed E-state index contributed by atoms with van der Waals surface area (Å²) < 4.78 is 0. The molecule has 29 heavy (non-hydrogen) atoms. The lowest BCUT2D eigenvalue weighted by atomic mass is 10.2. The molecule has 2 aromatic carbocycles. The Kier molecular flexibility index (Phi) is 7.31. The minimum absolute atomic E-state index is 0.217. The molecule has 0 aliphatic rings. The van der Waals surface area contributed by atoms with Crippen molar-refractivity contribution in [2.75, 3.05) is 7.05 Å². The molecule has 0 bridgehead atoms. The van der Waals surface area contributed by atoms with Crippen molar-refractivity contribution in [3.05, 3.63) is 95.7 Å². The summed E-state index contributed by atoms with van der Waals surface area (Å²) in [6, 6.07) is 25.0. The van der Waals surface area contributed by atoms with Crippen molar-refractivity contribution in [1.29, 1.82) is 0 Å². The number of guanidine groups is 1. The van der Waals surface area contributed by atoms with Gasteiger partial charge >= 0.3 is 0 Å². The fourth-order valence-electron chi connectivity index (χ4n) is 2.59. The van der Waals surface area contributed by atoms with E-state index in [2.05, 4.69) is 20.6 Å². The number of benzene rings is 2. The molecular weight excluding hydrogens is 366 g/mol. The van der Waals surface area contributed by atoms with E-state index in [1.165, 1.54) is 0 Å². The van der Waals surface area contributed by atoms with Crippen LogP contribution in [0.1, 0.15) is 16.8 Å². The zero-order valence-electron chi connectivity index (χ0n) is 16.1. The van der Waals surface area contributed by atoms with Crippen LogP contribution in [0.15, 0.2) is 89.0 Å². The third-order valence-corrected chi connectivity index (χ3v) is 4.02. The van der Waals surface area contributed by atoms with Gasteiger partial charge < -0.3 is 9.74 Å². The largest absolute Gasteiger partial charge is 0.389 e. The molecule has 0 amide bonds. The van der Waals surface area contributed by atoms with E-state index in [-0.39, 0.29) is 6.61 Å². The Labute approximate surface area is 170 Å². The second-order valence-corrected chi connectivity index (χ2v) is 6.29. The molecule has 0 aliphatic carbocycles. The molecule has 7 nitrogen and oxygen atoms in total. The number of pyridine rings is 1. The van der Waals surface area contributed by atoms with E-state index >= 15 is 0 Å². The van der Waals surface area contributed by atoms with Gasteiger partial charge in [-0.25, -0.2) is 10.5 Å². The van der Waals surface area contributed by atoms with Crippen molar-refractivity contribution in [3.63, 3.8) is 0 Å². The molecule has 0 spiro atoms. The van der Waals surface area contributed by atoms with Gasteiger partial charge in [-0.1, -0.05) is 71.9 Å². The van der Waals surface area contributed by atoms with Crippen LogP contribution >= 0.6 is 0 Å². The molecule has 1 aromatic heterocycles. The van der Waals surface area contributed by atoms with Crippen LogP contribution in [0.4, 0.5) is 5.82 Å². The average Bonchev–Trinajstić information content (AvgIpc) is 2.77. The third-order valence-electron chi connectivity index (χ3n) is 4.02. The summed E-state index contributed by atoms with van der Waals surface area (Å²) in [5, 5.41) is 13.4. The number of rotatable bonds is 7. The van der Waals surface area contributed by atoms with Crippen LogP contribution in [0, 0.1) is 0 Å². The molecule has 0 saturated heterocycles. The van der Waals surface area contributed by atoms with Gasteiger partial charge in [-0.2, -0.15) is 4.99 Å². The van der Waals surface area contributed by atoms with Crippen molar-refractivity contribution in [3.8, 4) is 0 Å². The molecule has 0 fully saturated rings. The molecule has 0 unspecified atom stereocenters. The lowest BCUT2D eigenvalue weighted by Crippen LogP contribution is -2.36. The lowest BCUT2D eigenvalue weighted by Gasteiger charge is -2.19. The normalized spacial score (nSPS) is 11.4. The van der Waals surface area contributed by atoms with E-state index in [0.29, 0.717) is 24.0 Å². The van der Waals surface area contributed by atoms with Crippen LogP contribution in [0.2, 0.25) is 0 Å². The summed E-state index contributed by atoms with van der Waals surface area (Å²) in [6.07, 6.45) is 1.65. The molecular formula is C22H23N5O2. The maximum atomic E-state index is 9.49. The predicted octanol–water partition coefficient (Wildman–Crippen LogP) is 3.73. The van der Waals surface area contributed by atoms with Crippen molar-refractivity contribution in [2.24, 2.45) is 10.1 Å². The van der Waals surface area contributed by atoms with Crippen LogP contribution in [-0.2, 0) is 18.0 Å². The molecule has 0 aliphatic heterocycles. The maximum Gasteiger partial charge on any atom is 0.224 e. The molecule has 0 radical (unpaired) electrons. The second kappa shape index (κ2) is 10.6. The van der Waals surface area contributed by atoms with Gasteiger partial charge in [0.15, 0.2) is 12.4 Å². The highest BCUT2D eigenvalue weighted by atomic mass is 16.6. The van der Waals surface area contributed by atoms with E-state index in [1.807, 2.05) is 79.8 Å². The van der Waals surface area contributed by atoms with Gasteiger partial charge in [0.05, 0.1) is 11.9 Å². The number of nitrogens with zero attached hydrogens (tertiary/aromatic N) is 4. The summed E-state index contributed by atoms with van der Waals surface area (Å²) in [4.78, 5) is 15.9. The summed E-state index contributed by atoms with van der Waals surface area (Å²) in [5.41, 5.74) is 4.88. The smallest absolute Gasteiger partial charge is 0.224 e. The number of hydrogen-bond donors (Lipinski definition) is 2. The minimum Gasteiger partial charge on any atom is -0.389 e. The van der Waals surface area contributed by atoms with E-state index < -0.39 is 0 Å². The number of hydroxylamine groups is 1. The Morgan fingerprint density at radius 2 is 1.76 bits per heavy atom. The molecule has 1 heterocycles. The SMILES string of the molecule is CN(Cc1ccccc1)C(=Nc1cccc(CON=Cc2ccccc2)n1)NO. The molecule has 3 aromatic rings. The van der Waals surface area contributed by atoms with Gasteiger partial charge in [0, 0.05) is 13.6 Å². The maximum absolute atomic E-state index is 9.49. The van der Waals surface area contributed by atoms with E-state index in [0.717, 1.165) is 11.1 Å². The Morgan fingerprint density at radius 3 is 2.48 bits per heavy atom. The van der Waals surface area contributed by atoms with Crippen molar-refractivity contribution in [1.82, 2.24) is 15.4 Å². The standard InChI is InChI=1S/C22H23N5O2/c1-27(16-19-11-6-3-7-12-19)22(26-28)25-21-14-8-13-20(24-21)17-29-23-15-18-9-4-2-5-10-18/h2-15,28H,16-17H2,1H3,(H,24,25,26). The number of aliphatic imine (C=N–C) groups is 1. The Bertz CT molecular complexity index is 946. The van der Waals surface area contributed by atoms with E-state index in [4.69, 9.17) is 4.84 Å². The molecule has 2 N–H and O–H groups in total. The Balaban J connectivity index is 1.61. The Hall–Kier alpha value is -3.71. The third kappa shape index (κ3) is 6.44. The fraction of sp³-hybridized carbons (Fsp3) is 0.136. The zero-order valence-corrected chi connectivity index (χ0v) is 16.1. The highest BCUT2D eigenvalue weighted by Crippen LogP contribution is 2.11. The topological polar surface area (TPSA) is 82.3 Å². The number of nitrogens with one attached hydrogen (secondary N) is 1. The average molecular weight is 389 g/mol. The van der Waals surface area contributed by atoms with Gasteiger partial charge in [-0.3, -0.25) is 5.21 Å². The first-order valence-corrected chi connectivity index (χ1v) is 9.15. The Morgan fingerprint density at radius 1 is 1.03 bits per heavy atom. The number of hydrogen-bond acceptors (Lipinski definition) is 5. The summed E-state index contributed by atoms with van der Waals surface area (Å²) >= 11 is 0. The first-order valence-electron chi connectivity index (χ1n) is 9.15. The van der Waals surface area contributed by atoms with Gasteiger partial charge in [0.2, 0.25) is 5.96 Å². The van der Waals surface area contributed by atoms with Gasteiger partial charge in [0.25, 0.3) is 0 Å². The fourth-order valence-corrected chi connectivity index (χ4v) is 2.59. The van der Waals surface area contributed by atoms with Crippen molar-refractivity contribution in [2.45, 2.75) is 13.2 Å². The highest BCUT2D eigenvalue weighted by Gasteiger charge is 2.07. The van der Waals surface area contributed by atoms with Crippen molar-refractivity contribution < 1.29 is 10.0 Å². The zero-order chi connectivity index (χ0) is 20.3. The van der Waals surface area contributed by atoms with Gasteiger partial charge in [0.1, 0.15) is 0 Å². The molecule has 7 heteroatoms. The van der Waals surface area contributed by atoms with E-state index in [9.17, 15) is 5.21 Å². The highest BCUT2D eigenvalue weighted by molar-refractivity contribution is 5.81. The van der Waals surface area contributed by atoms with Gasteiger partial charge in [-0.05, 0) is 23.3 Å². The van der Waals surface area contributed by atoms with Gasteiger partial charge in [-0.15, -0.1) is 0 Å².